The van der Waals surface area contributed by atoms with Crippen LogP contribution in [0.25, 0.3) is 10.8 Å². The number of non-ortho nitro benzene ring substituents is 1. The summed E-state index contributed by atoms with van der Waals surface area (Å²) in [6.45, 7) is 0. The van der Waals surface area contributed by atoms with E-state index < -0.39 is 42.8 Å². The van der Waals surface area contributed by atoms with E-state index in [0.717, 1.165) is 0 Å². The Morgan fingerprint density at radius 2 is 1.64 bits per heavy atom. The fraction of sp³-hybridized carbons (Fsp3) is 0. The number of rotatable bonds is 4. The van der Waals surface area contributed by atoms with E-state index >= 15 is 0 Å². The second-order valence-electron chi connectivity index (χ2n) is 5.34. The minimum atomic E-state index is -5.27. The third kappa shape index (κ3) is 4.10. The van der Waals surface area contributed by atoms with Crippen LogP contribution >= 0.6 is 0 Å². The van der Waals surface area contributed by atoms with E-state index in [2.05, 4.69) is 10.2 Å². The zero-order valence-electron chi connectivity index (χ0n) is 13.6. The van der Waals surface area contributed by atoms with Gasteiger partial charge in [0.15, 0.2) is 0 Å². The van der Waals surface area contributed by atoms with Gasteiger partial charge in [-0.15, -0.1) is 0 Å². The van der Waals surface area contributed by atoms with E-state index in [1.165, 1.54) is 6.07 Å². The second-order valence-corrected chi connectivity index (χ2v) is 6.68. The Labute approximate surface area is 168 Å². The molecule has 1 radical (unpaired) electrons. The van der Waals surface area contributed by atoms with Gasteiger partial charge in [-0.1, -0.05) is 47.9 Å². The number of fused-ring (bicyclic) bond motifs is 1. The van der Waals surface area contributed by atoms with Crippen LogP contribution in [-0.4, -0.2) is 17.9 Å². The van der Waals surface area contributed by atoms with Crippen LogP contribution in [0.4, 0.5) is 17.1 Å². The maximum absolute atomic E-state index is 12.1. The summed E-state index contributed by atoms with van der Waals surface area (Å²) >= 11 is 0. The molecule has 0 atom stereocenters. The number of nitro groups is 1. The first-order valence-corrected chi connectivity index (χ1v) is 8.65. The summed E-state index contributed by atoms with van der Waals surface area (Å²) in [5.74, 6) is -1.86. The van der Waals surface area contributed by atoms with Crippen LogP contribution in [0.15, 0.2) is 63.7 Å². The molecule has 0 spiro atoms. The van der Waals surface area contributed by atoms with Crippen molar-refractivity contribution >= 4 is 38.0 Å². The largest absolute Gasteiger partial charge is 3.00 e. The molecule has 0 heterocycles. The topological polar surface area (TPSA) is 171 Å². The van der Waals surface area contributed by atoms with E-state index in [0.29, 0.717) is 22.9 Å². The number of hydrogen-bond donors (Lipinski definition) is 0. The van der Waals surface area contributed by atoms with Crippen LogP contribution in [0.1, 0.15) is 0 Å². The number of benzene rings is 3. The third-order valence-corrected chi connectivity index (χ3v) is 4.46. The summed E-state index contributed by atoms with van der Waals surface area (Å²) in [5, 5.41) is 43.4. The molecule has 0 amide bonds. The van der Waals surface area contributed by atoms with Crippen LogP contribution in [0.3, 0.4) is 0 Å². The molecule has 0 aromatic heterocycles. The molecule has 0 bridgehead atoms. The smallest absolute Gasteiger partial charge is 0.871 e. The number of nitrogens with zero attached hydrogens (tertiary/aromatic N) is 3. The van der Waals surface area contributed by atoms with Crippen LogP contribution in [0.5, 0.6) is 11.5 Å². The quantitative estimate of drug-likeness (QED) is 0.260. The summed E-state index contributed by atoms with van der Waals surface area (Å²) in [6, 6.07) is 10.5. The van der Waals surface area contributed by atoms with E-state index in [4.69, 9.17) is 0 Å². The summed E-state index contributed by atoms with van der Waals surface area (Å²) in [7, 11) is -5.27. The van der Waals surface area contributed by atoms with E-state index in [9.17, 15) is 33.3 Å². The minimum Gasteiger partial charge on any atom is -0.871 e. The Morgan fingerprint density at radius 1 is 0.964 bits per heavy atom. The van der Waals surface area contributed by atoms with Gasteiger partial charge in [0.2, 0.25) is 0 Å². The molecule has 12 heteroatoms. The van der Waals surface area contributed by atoms with Gasteiger partial charge in [-0.2, -0.15) is 10.2 Å². The second kappa shape index (κ2) is 7.91. The molecule has 141 valence electrons. The average Bonchev–Trinajstić information content (AvgIpc) is 2.60. The molecular weight excluding hydrogens is 430 g/mol. The molecule has 28 heavy (non-hydrogen) atoms. The predicted octanol–water partition coefficient (Wildman–Crippen LogP) is 2.21. The number of nitro benzene ring substituents is 1. The van der Waals surface area contributed by atoms with Crippen LogP contribution in [0, 0.1) is 10.1 Å². The maximum atomic E-state index is 12.1. The van der Waals surface area contributed by atoms with Crippen molar-refractivity contribution in [1.29, 1.82) is 0 Å². The maximum Gasteiger partial charge on any atom is 3.00 e. The van der Waals surface area contributed by atoms with Gasteiger partial charge in [0.25, 0.3) is 5.69 Å². The van der Waals surface area contributed by atoms with Crippen molar-refractivity contribution < 1.29 is 45.5 Å². The molecule has 0 saturated carbocycles. The molecule has 0 unspecified atom stereocenters. The molecular formula is C16H8CrN3O7S. The van der Waals surface area contributed by atoms with E-state index in [1.807, 2.05) is 0 Å². The van der Waals surface area contributed by atoms with Gasteiger partial charge in [-0.3, -0.25) is 10.1 Å². The molecule has 10 nitrogen and oxygen atoms in total. The molecule has 0 aliphatic carbocycles. The van der Waals surface area contributed by atoms with Crippen molar-refractivity contribution in [1.82, 2.24) is 0 Å². The average molecular weight is 438 g/mol. The number of hydrogen-bond acceptors (Lipinski definition) is 9. The predicted molar refractivity (Wildman–Crippen MR) is 88.1 cm³/mol. The van der Waals surface area contributed by atoms with Crippen molar-refractivity contribution in [3.63, 3.8) is 0 Å². The molecule has 0 fully saturated rings. The van der Waals surface area contributed by atoms with Gasteiger partial charge in [0.1, 0.15) is 10.1 Å². The summed E-state index contributed by atoms with van der Waals surface area (Å²) < 4.78 is 33.6. The van der Waals surface area contributed by atoms with Crippen molar-refractivity contribution in [2.24, 2.45) is 10.2 Å². The Morgan fingerprint density at radius 3 is 2.29 bits per heavy atom. The zero-order valence-corrected chi connectivity index (χ0v) is 15.7. The summed E-state index contributed by atoms with van der Waals surface area (Å²) in [6.07, 6.45) is 0. The monoisotopic (exact) mass is 438 g/mol. The van der Waals surface area contributed by atoms with Crippen molar-refractivity contribution in [2.75, 3.05) is 0 Å². The van der Waals surface area contributed by atoms with Gasteiger partial charge in [-0.25, -0.2) is 8.42 Å². The molecule has 3 rings (SSSR count). The van der Waals surface area contributed by atoms with Crippen molar-refractivity contribution in [3.05, 3.63) is 58.6 Å². The first-order chi connectivity index (χ1) is 12.7. The normalized spacial score (nSPS) is 11.5. The van der Waals surface area contributed by atoms with Crippen LogP contribution < -0.4 is 10.2 Å². The van der Waals surface area contributed by atoms with Gasteiger partial charge >= 0.3 is 17.4 Å². The van der Waals surface area contributed by atoms with Crippen molar-refractivity contribution in [2.45, 2.75) is 4.90 Å². The van der Waals surface area contributed by atoms with Gasteiger partial charge in [0.05, 0.1) is 21.2 Å². The molecule has 0 saturated heterocycles. The molecule has 0 aliphatic heterocycles. The summed E-state index contributed by atoms with van der Waals surface area (Å²) in [5.41, 5.74) is -1.70. The number of azo groups is 1. The first kappa shape index (κ1) is 21.3. The van der Waals surface area contributed by atoms with Gasteiger partial charge in [-0.05, 0) is 5.39 Å². The Hall–Kier alpha value is -3.04. The van der Waals surface area contributed by atoms with Gasteiger partial charge in [0, 0.05) is 17.5 Å². The standard InChI is InChI=1S/C16H11N3O7S.Cr/c20-13-6-5-9-3-1-2-4-11(9)15(13)18-17-12-7-10(19(22)23)8-14(16(12)21)27(24,25)26;/h1-8,20-21H,(H,24,25,26);/q;+3/p-3. The fourth-order valence-corrected chi connectivity index (χ4v) is 2.98. The fourth-order valence-electron chi connectivity index (χ4n) is 2.38. The zero-order chi connectivity index (χ0) is 19.8. The molecule has 3 aromatic rings. The summed E-state index contributed by atoms with van der Waals surface area (Å²) in [4.78, 5) is 8.64. The van der Waals surface area contributed by atoms with Crippen LogP contribution in [0.2, 0.25) is 0 Å². The molecule has 0 aliphatic rings. The van der Waals surface area contributed by atoms with Gasteiger partial charge < -0.3 is 14.8 Å². The van der Waals surface area contributed by atoms with Crippen molar-refractivity contribution in [3.8, 4) is 11.5 Å². The Kier molecular flexibility index (Phi) is 6.01. The van der Waals surface area contributed by atoms with E-state index in [1.54, 1.807) is 30.3 Å². The Bertz CT molecular complexity index is 1210. The molecule has 0 N–H and O–H groups in total. The van der Waals surface area contributed by atoms with Crippen LogP contribution in [-0.2, 0) is 27.5 Å². The third-order valence-electron chi connectivity index (χ3n) is 3.62. The SMILES string of the molecule is O=[N+]([O-])c1cc(N=Nc2c([O-])ccc3ccccc23)c([O-])c(S(=O)(=O)[O-])c1.[Cr+3]. The Balaban J connectivity index is 0.00000280. The van der Waals surface area contributed by atoms with E-state index in [-0.39, 0.29) is 23.0 Å². The molecule has 3 aromatic carbocycles. The first-order valence-electron chi connectivity index (χ1n) is 7.24. The minimum absolute atomic E-state index is 0.